The number of nitrogens with one attached hydrogen (secondary N) is 2. The number of amides is 1. The highest BCUT2D eigenvalue weighted by molar-refractivity contribution is 7.90. The topological polar surface area (TPSA) is 119 Å². The molecule has 2 aromatic carbocycles. The van der Waals surface area contributed by atoms with E-state index in [2.05, 4.69) is 10.6 Å². The maximum atomic E-state index is 13.2. The molecule has 0 aliphatic heterocycles. The number of ether oxygens (including phenoxy) is 2. The molecule has 10 heteroatoms. The summed E-state index contributed by atoms with van der Waals surface area (Å²) in [4.78, 5) is 11.8. The van der Waals surface area contributed by atoms with E-state index in [1.807, 2.05) is 27.7 Å². The second-order valence-corrected chi connectivity index (χ2v) is 12.1. The van der Waals surface area contributed by atoms with Crippen molar-refractivity contribution in [3.63, 3.8) is 0 Å². The van der Waals surface area contributed by atoms with Crippen molar-refractivity contribution in [1.29, 1.82) is 0 Å². The minimum atomic E-state index is -3.75. The first-order valence-electron chi connectivity index (χ1n) is 12.9. The van der Waals surface area contributed by atoms with Crippen LogP contribution in [0.15, 0.2) is 59.6 Å². The molecule has 0 fully saturated rings. The zero-order valence-corrected chi connectivity index (χ0v) is 23.4. The molecule has 0 radical (unpaired) electrons. The van der Waals surface area contributed by atoms with Crippen molar-refractivity contribution in [3.8, 4) is 5.75 Å². The normalized spacial score (nSPS) is 12.9. The Morgan fingerprint density at radius 3 is 2.45 bits per heavy atom. The first-order valence-corrected chi connectivity index (χ1v) is 14.3. The van der Waals surface area contributed by atoms with Crippen molar-refractivity contribution < 1.29 is 27.8 Å². The average molecular weight is 546 g/mol. The number of aromatic nitrogens is 1. The van der Waals surface area contributed by atoms with E-state index >= 15 is 0 Å². The van der Waals surface area contributed by atoms with Crippen LogP contribution in [0.5, 0.6) is 5.75 Å². The van der Waals surface area contributed by atoms with Gasteiger partial charge in [0.1, 0.15) is 24.1 Å². The quantitative estimate of drug-likeness (QED) is 0.275. The molecule has 3 rings (SSSR count). The summed E-state index contributed by atoms with van der Waals surface area (Å²) in [5.74, 6) is 0.511. The zero-order chi connectivity index (χ0) is 27.8. The molecule has 0 aliphatic carbocycles. The van der Waals surface area contributed by atoms with E-state index in [-0.39, 0.29) is 11.5 Å². The molecule has 0 bridgehead atoms. The molecule has 1 unspecified atom stereocenters. The molecule has 1 aromatic heterocycles. The van der Waals surface area contributed by atoms with Gasteiger partial charge in [0.05, 0.1) is 10.4 Å². The summed E-state index contributed by atoms with van der Waals surface area (Å²) in [7, 11) is -3.75. The molecular weight excluding hydrogens is 506 g/mol. The molecule has 0 aliphatic rings. The number of rotatable bonds is 13. The van der Waals surface area contributed by atoms with Crippen molar-refractivity contribution in [2.75, 3.05) is 26.2 Å². The Hall–Kier alpha value is -3.08. The first kappa shape index (κ1) is 29.5. The second kappa shape index (κ2) is 13.1. The summed E-state index contributed by atoms with van der Waals surface area (Å²) in [5.41, 5.74) is 0.993. The number of fused-ring (bicyclic) bond motifs is 1. The number of aliphatic hydroxyl groups is 1. The summed E-state index contributed by atoms with van der Waals surface area (Å²) < 4.78 is 38.6. The highest BCUT2D eigenvalue weighted by Gasteiger charge is 2.20. The molecular formula is C28H39N3O6S. The molecule has 1 heterocycles. The van der Waals surface area contributed by atoms with Crippen molar-refractivity contribution in [2.24, 2.45) is 0 Å². The highest BCUT2D eigenvalue weighted by Crippen LogP contribution is 2.29. The third kappa shape index (κ3) is 8.47. The Kier molecular flexibility index (Phi) is 10.2. The van der Waals surface area contributed by atoms with Gasteiger partial charge in [-0.25, -0.2) is 17.2 Å². The third-order valence-corrected chi connectivity index (χ3v) is 7.45. The number of hydrogen-bond donors (Lipinski definition) is 3. The fourth-order valence-electron chi connectivity index (χ4n) is 3.84. The van der Waals surface area contributed by atoms with Crippen LogP contribution in [-0.2, 0) is 14.8 Å². The summed E-state index contributed by atoms with van der Waals surface area (Å²) >= 11 is 0. The van der Waals surface area contributed by atoms with E-state index in [0.29, 0.717) is 29.7 Å². The van der Waals surface area contributed by atoms with Crippen molar-refractivity contribution in [2.45, 2.75) is 63.6 Å². The Morgan fingerprint density at radius 1 is 1.03 bits per heavy atom. The van der Waals surface area contributed by atoms with Gasteiger partial charge in [0.15, 0.2) is 0 Å². The van der Waals surface area contributed by atoms with Gasteiger partial charge in [-0.05, 0) is 77.4 Å². The van der Waals surface area contributed by atoms with Crippen molar-refractivity contribution in [3.05, 3.63) is 60.3 Å². The Labute approximate surface area is 225 Å². The molecule has 0 saturated heterocycles. The van der Waals surface area contributed by atoms with Crippen LogP contribution in [0.4, 0.5) is 4.79 Å². The van der Waals surface area contributed by atoms with Crippen LogP contribution in [-0.4, -0.2) is 61.5 Å². The smallest absolute Gasteiger partial charge is 0.407 e. The van der Waals surface area contributed by atoms with Crippen LogP contribution in [0.3, 0.4) is 0 Å². The predicted octanol–water partition coefficient (Wildman–Crippen LogP) is 4.21. The number of carbonyl (C=O) groups excluding carboxylic acids is 1. The minimum Gasteiger partial charge on any atom is -0.490 e. The molecule has 1 amide bonds. The number of benzene rings is 2. The zero-order valence-electron chi connectivity index (χ0n) is 22.6. The fourth-order valence-corrected chi connectivity index (χ4v) is 5.19. The molecule has 3 aromatic rings. The van der Waals surface area contributed by atoms with Crippen molar-refractivity contribution in [1.82, 2.24) is 14.6 Å². The van der Waals surface area contributed by atoms with Crippen LogP contribution >= 0.6 is 0 Å². The Balaban J connectivity index is 1.42. The standard InChI is InChI=1S/C28H39N3O6S/c1-21-11-13-23(14-12-21)38(34,35)31-18-15-24-25(31)9-8-10-26(24)36-20-22(32)19-29-16-6-5-7-17-30-27(33)37-28(2,3)4/h8-15,18,22,29,32H,5-7,16-17,19-20H2,1-4H3,(H,30,33). The number of nitrogens with zero attached hydrogens (tertiary/aromatic N) is 1. The summed E-state index contributed by atoms with van der Waals surface area (Å²) in [6.07, 6.45) is 3.08. The van der Waals surface area contributed by atoms with E-state index in [1.165, 1.54) is 10.2 Å². The SMILES string of the molecule is Cc1ccc(S(=O)(=O)n2ccc3c(OCC(O)CNCCCCCNC(=O)OC(C)(C)C)cccc32)cc1. The summed E-state index contributed by atoms with van der Waals surface area (Å²) in [5, 5.41) is 16.9. The van der Waals surface area contributed by atoms with E-state index < -0.39 is 27.8 Å². The van der Waals surface area contributed by atoms with E-state index in [1.54, 1.807) is 48.5 Å². The number of aliphatic hydroxyl groups excluding tert-OH is 1. The van der Waals surface area contributed by atoms with Crippen LogP contribution in [0.25, 0.3) is 10.9 Å². The van der Waals surface area contributed by atoms with Gasteiger partial charge in [0.2, 0.25) is 0 Å². The van der Waals surface area contributed by atoms with Gasteiger partial charge in [-0.1, -0.05) is 30.2 Å². The monoisotopic (exact) mass is 545 g/mol. The Morgan fingerprint density at radius 2 is 1.74 bits per heavy atom. The maximum Gasteiger partial charge on any atom is 0.407 e. The average Bonchev–Trinajstić information content (AvgIpc) is 3.29. The maximum absolute atomic E-state index is 13.2. The van der Waals surface area contributed by atoms with Crippen molar-refractivity contribution >= 4 is 27.0 Å². The first-order chi connectivity index (χ1) is 18.0. The van der Waals surface area contributed by atoms with Gasteiger partial charge in [-0.15, -0.1) is 0 Å². The van der Waals surface area contributed by atoms with Gasteiger partial charge in [0.25, 0.3) is 10.0 Å². The van der Waals surface area contributed by atoms with Gasteiger partial charge in [-0.3, -0.25) is 0 Å². The van der Waals surface area contributed by atoms with Gasteiger partial charge >= 0.3 is 6.09 Å². The number of hydrogen-bond acceptors (Lipinski definition) is 7. The minimum absolute atomic E-state index is 0.0712. The van der Waals surface area contributed by atoms with Crippen LogP contribution in [0.2, 0.25) is 0 Å². The third-order valence-electron chi connectivity index (χ3n) is 5.74. The summed E-state index contributed by atoms with van der Waals surface area (Å²) in [6, 6.07) is 13.7. The Bertz CT molecular complexity index is 1300. The summed E-state index contributed by atoms with van der Waals surface area (Å²) in [6.45, 7) is 9.13. The number of carbonyl (C=O) groups is 1. The molecule has 0 spiro atoms. The van der Waals surface area contributed by atoms with Gasteiger partial charge in [0, 0.05) is 24.7 Å². The molecule has 38 heavy (non-hydrogen) atoms. The molecule has 208 valence electrons. The van der Waals surface area contributed by atoms with Crippen LogP contribution in [0.1, 0.15) is 45.6 Å². The lowest BCUT2D eigenvalue weighted by atomic mass is 10.2. The number of unbranched alkanes of at least 4 members (excludes halogenated alkanes) is 2. The van der Waals surface area contributed by atoms with Crippen LogP contribution in [0, 0.1) is 6.92 Å². The lowest BCUT2D eigenvalue weighted by Crippen LogP contribution is -2.33. The largest absolute Gasteiger partial charge is 0.490 e. The molecule has 9 nitrogen and oxygen atoms in total. The molecule has 1 atom stereocenters. The van der Waals surface area contributed by atoms with E-state index in [0.717, 1.165) is 31.4 Å². The van der Waals surface area contributed by atoms with Gasteiger partial charge in [-0.2, -0.15) is 0 Å². The van der Waals surface area contributed by atoms with Gasteiger partial charge < -0.3 is 25.2 Å². The van der Waals surface area contributed by atoms with E-state index in [9.17, 15) is 18.3 Å². The predicted molar refractivity (Wildman–Crippen MR) is 148 cm³/mol. The van der Waals surface area contributed by atoms with E-state index in [4.69, 9.17) is 9.47 Å². The lowest BCUT2D eigenvalue weighted by molar-refractivity contribution is 0.0527. The van der Waals surface area contributed by atoms with Crippen LogP contribution < -0.4 is 15.4 Å². The molecule has 0 saturated carbocycles. The highest BCUT2D eigenvalue weighted by atomic mass is 32.2. The number of alkyl carbamates (subject to hydrolysis) is 1. The lowest BCUT2D eigenvalue weighted by Gasteiger charge is -2.19. The fraction of sp³-hybridized carbons (Fsp3) is 0.464. The number of aryl methyl sites for hydroxylation is 1. The second-order valence-electron chi connectivity index (χ2n) is 10.3. The molecule has 3 N–H and O–H groups in total.